The molecular weight excluding hydrogens is 536 g/mol. The van der Waals surface area contributed by atoms with E-state index >= 15 is 0 Å². The Morgan fingerprint density at radius 1 is 1.05 bits per heavy atom. The number of carbonyl (C=O) groups is 1. The number of fused-ring (bicyclic) bond motifs is 1. The number of aromatic amines is 1. The summed E-state index contributed by atoms with van der Waals surface area (Å²) in [5, 5.41) is 26.3. The fraction of sp³-hybridized carbons (Fsp3) is 0.250. The van der Waals surface area contributed by atoms with Gasteiger partial charge in [-0.2, -0.15) is 0 Å². The van der Waals surface area contributed by atoms with Crippen LogP contribution in [-0.4, -0.2) is 41.5 Å². The second-order valence-corrected chi connectivity index (χ2v) is 11.5. The third kappa shape index (κ3) is 5.92. The first-order chi connectivity index (χ1) is 19.1. The van der Waals surface area contributed by atoms with Crippen LogP contribution in [0.15, 0.2) is 77.8 Å². The lowest BCUT2D eigenvalue weighted by Crippen LogP contribution is -2.38. The summed E-state index contributed by atoms with van der Waals surface area (Å²) < 4.78 is 34.0. The zero-order chi connectivity index (χ0) is 28.3. The topological polar surface area (TPSA) is 164 Å². The van der Waals surface area contributed by atoms with Crippen molar-refractivity contribution in [2.24, 2.45) is 0 Å². The lowest BCUT2D eigenvalue weighted by molar-refractivity contribution is -0.384. The molecule has 1 saturated carbocycles. The van der Waals surface area contributed by atoms with Gasteiger partial charge in [-0.15, -0.1) is 0 Å². The molecule has 1 fully saturated rings. The number of aromatic nitrogens is 1. The van der Waals surface area contributed by atoms with Gasteiger partial charge in [0.15, 0.2) is 0 Å². The minimum Gasteiger partial charge on any atom is -0.457 e. The molecule has 208 valence electrons. The molecule has 1 aliphatic carbocycles. The number of nitro benzene ring substituents is 1. The van der Waals surface area contributed by atoms with Gasteiger partial charge in [0.1, 0.15) is 17.2 Å². The van der Waals surface area contributed by atoms with E-state index in [1.807, 2.05) is 16.9 Å². The Balaban J connectivity index is 1.34. The van der Waals surface area contributed by atoms with Gasteiger partial charge in [-0.25, -0.2) is 13.1 Å². The Morgan fingerprint density at radius 2 is 1.82 bits per heavy atom. The molecule has 0 unspecified atom stereocenters. The second-order valence-electron chi connectivity index (χ2n) is 9.83. The van der Waals surface area contributed by atoms with Gasteiger partial charge in [0.2, 0.25) is 0 Å². The first kappa shape index (κ1) is 27.2. The first-order valence-corrected chi connectivity index (χ1v) is 14.3. The molecule has 1 aromatic heterocycles. The van der Waals surface area contributed by atoms with E-state index in [1.54, 1.807) is 30.5 Å². The molecule has 0 aliphatic heterocycles. The van der Waals surface area contributed by atoms with Gasteiger partial charge in [0.05, 0.1) is 21.0 Å². The fourth-order valence-electron chi connectivity index (χ4n) is 4.83. The molecular formula is C28H28N4O7S. The van der Waals surface area contributed by atoms with Crippen LogP contribution in [-0.2, 0) is 10.0 Å². The van der Waals surface area contributed by atoms with Gasteiger partial charge < -0.3 is 20.1 Å². The van der Waals surface area contributed by atoms with E-state index in [0.29, 0.717) is 18.6 Å². The third-order valence-corrected chi connectivity index (χ3v) is 8.31. The molecule has 4 aromatic rings. The van der Waals surface area contributed by atoms with E-state index in [0.717, 1.165) is 36.2 Å². The molecule has 0 radical (unpaired) electrons. The van der Waals surface area contributed by atoms with Crippen LogP contribution in [0.1, 0.15) is 42.5 Å². The fourth-order valence-corrected chi connectivity index (χ4v) is 5.81. The predicted octanol–water partition coefficient (Wildman–Crippen LogP) is 5.09. The Kier molecular flexibility index (Phi) is 7.46. The molecule has 12 heteroatoms. The van der Waals surface area contributed by atoms with Gasteiger partial charge in [-0.3, -0.25) is 14.9 Å². The Hall–Kier alpha value is -4.42. The van der Waals surface area contributed by atoms with Crippen LogP contribution >= 0.6 is 0 Å². The minimum absolute atomic E-state index is 0.0336. The van der Waals surface area contributed by atoms with E-state index < -0.39 is 37.0 Å². The molecule has 40 heavy (non-hydrogen) atoms. The lowest BCUT2D eigenvalue weighted by atomic mass is 9.85. The highest BCUT2D eigenvalue weighted by Gasteiger charge is 2.30. The first-order valence-electron chi connectivity index (χ1n) is 12.8. The zero-order valence-electron chi connectivity index (χ0n) is 21.4. The SMILES string of the molecule is O=C(NS(=O)(=O)c1ccc(NCC2(O)CCCCC2)c([N+](=O)[O-])c1)c1ccccc1Oc1ccc2[nH]ccc2c1. The number of sulfonamides is 1. The summed E-state index contributed by atoms with van der Waals surface area (Å²) in [6.07, 6.45) is 5.71. The van der Waals surface area contributed by atoms with Crippen LogP contribution in [0.3, 0.4) is 0 Å². The van der Waals surface area contributed by atoms with Crippen molar-refractivity contribution in [2.75, 3.05) is 11.9 Å². The Bertz CT molecular complexity index is 1680. The highest BCUT2D eigenvalue weighted by molar-refractivity contribution is 7.90. The van der Waals surface area contributed by atoms with Crippen LogP contribution in [0.4, 0.5) is 11.4 Å². The summed E-state index contributed by atoms with van der Waals surface area (Å²) >= 11 is 0. The monoisotopic (exact) mass is 564 g/mol. The second kappa shape index (κ2) is 11.0. The molecule has 1 amide bonds. The van der Waals surface area contributed by atoms with Crippen LogP contribution in [0, 0.1) is 10.1 Å². The Morgan fingerprint density at radius 3 is 2.60 bits per heavy atom. The van der Waals surface area contributed by atoms with E-state index in [4.69, 9.17) is 4.74 Å². The summed E-state index contributed by atoms with van der Waals surface area (Å²) in [5.41, 5.74) is -0.516. The van der Waals surface area contributed by atoms with E-state index in [9.17, 15) is 28.4 Å². The average Bonchev–Trinajstić information content (AvgIpc) is 3.40. The summed E-state index contributed by atoms with van der Waals surface area (Å²) in [5.74, 6) is -0.370. The number of hydrogen-bond donors (Lipinski definition) is 4. The number of nitrogens with zero attached hydrogens (tertiary/aromatic N) is 1. The number of rotatable bonds is 9. The number of hydrogen-bond acceptors (Lipinski definition) is 8. The van der Waals surface area contributed by atoms with Crippen molar-refractivity contribution in [1.82, 2.24) is 9.71 Å². The number of anilines is 1. The van der Waals surface area contributed by atoms with Crippen LogP contribution in [0.25, 0.3) is 10.9 Å². The van der Waals surface area contributed by atoms with Crippen molar-refractivity contribution in [2.45, 2.75) is 42.6 Å². The maximum Gasteiger partial charge on any atom is 0.293 e. The molecule has 0 bridgehead atoms. The summed E-state index contributed by atoms with van der Waals surface area (Å²) in [6, 6.07) is 16.7. The number of benzene rings is 3. The number of aliphatic hydroxyl groups is 1. The molecule has 11 nitrogen and oxygen atoms in total. The van der Waals surface area contributed by atoms with Crippen LogP contribution in [0.5, 0.6) is 11.5 Å². The molecule has 1 heterocycles. The van der Waals surface area contributed by atoms with Crippen molar-refractivity contribution in [3.05, 3.63) is 88.6 Å². The molecule has 5 rings (SSSR count). The predicted molar refractivity (Wildman–Crippen MR) is 149 cm³/mol. The highest BCUT2D eigenvalue weighted by Crippen LogP contribution is 2.32. The normalized spacial score (nSPS) is 14.9. The largest absolute Gasteiger partial charge is 0.457 e. The number of carbonyl (C=O) groups excluding carboxylic acids is 1. The van der Waals surface area contributed by atoms with Crippen LogP contribution < -0.4 is 14.8 Å². The quantitative estimate of drug-likeness (QED) is 0.161. The van der Waals surface area contributed by atoms with E-state index in [2.05, 4.69) is 10.3 Å². The number of H-pyrrole nitrogens is 1. The van der Waals surface area contributed by atoms with Crippen molar-refractivity contribution < 1.29 is 28.0 Å². The molecule has 4 N–H and O–H groups in total. The van der Waals surface area contributed by atoms with Gasteiger partial charge in [-0.05, 0) is 61.4 Å². The highest BCUT2D eigenvalue weighted by atomic mass is 32.2. The van der Waals surface area contributed by atoms with E-state index in [-0.39, 0.29) is 23.5 Å². The number of amides is 1. The number of ether oxygens (including phenoxy) is 1. The van der Waals surface area contributed by atoms with E-state index in [1.165, 1.54) is 24.3 Å². The molecule has 1 aliphatic rings. The lowest BCUT2D eigenvalue weighted by Gasteiger charge is -2.32. The van der Waals surface area contributed by atoms with Crippen LogP contribution in [0.2, 0.25) is 0 Å². The standard InChI is InChI=1S/C28H28N4O7S/c33-27(22-6-2-3-7-26(22)39-20-8-10-23-19(16-20)12-15-29-23)31-40(37,38)21-9-11-24(25(17-21)32(35)36)30-18-28(34)13-4-1-5-14-28/h2-3,6-12,15-17,29-30,34H,1,4-5,13-14,18H2,(H,31,33). The number of nitrogens with one attached hydrogen (secondary N) is 3. The van der Waals surface area contributed by atoms with Gasteiger partial charge in [0, 0.05) is 29.7 Å². The van der Waals surface area contributed by atoms with Gasteiger partial charge in [0.25, 0.3) is 21.6 Å². The maximum absolute atomic E-state index is 13.1. The molecule has 0 saturated heterocycles. The summed E-state index contributed by atoms with van der Waals surface area (Å²) in [6.45, 7) is 0.102. The smallest absolute Gasteiger partial charge is 0.293 e. The van der Waals surface area contributed by atoms with Crippen molar-refractivity contribution in [1.29, 1.82) is 0 Å². The Labute approximate surface area is 230 Å². The third-order valence-electron chi connectivity index (χ3n) is 6.98. The summed E-state index contributed by atoms with van der Waals surface area (Å²) in [7, 11) is -4.48. The van der Waals surface area contributed by atoms with Crippen molar-refractivity contribution in [3.63, 3.8) is 0 Å². The maximum atomic E-state index is 13.1. The van der Waals surface area contributed by atoms with Gasteiger partial charge >= 0.3 is 0 Å². The molecule has 0 spiro atoms. The summed E-state index contributed by atoms with van der Waals surface area (Å²) in [4.78, 5) is 26.7. The van der Waals surface area contributed by atoms with Crippen molar-refractivity contribution >= 4 is 38.2 Å². The molecule has 3 aromatic carbocycles. The average molecular weight is 565 g/mol. The van der Waals surface area contributed by atoms with Crippen molar-refractivity contribution in [3.8, 4) is 11.5 Å². The molecule has 0 atom stereocenters. The minimum atomic E-state index is -4.48. The number of para-hydroxylation sites is 1. The number of nitro groups is 1. The zero-order valence-corrected chi connectivity index (χ0v) is 22.2. The van der Waals surface area contributed by atoms with Gasteiger partial charge in [-0.1, -0.05) is 31.4 Å².